The third-order valence-corrected chi connectivity index (χ3v) is 3.13. The van der Waals surface area contributed by atoms with Crippen LogP contribution in [0.4, 0.5) is 0 Å². The van der Waals surface area contributed by atoms with Crippen LogP contribution in [0.15, 0.2) is 53.7 Å². The molecule has 5 nitrogen and oxygen atoms in total. The molecular formula is C17H23IN4O. The van der Waals surface area contributed by atoms with Gasteiger partial charge in [-0.3, -0.25) is 4.98 Å². The summed E-state index contributed by atoms with van der Waals surface area (Å²) in [5, 5.41) is 3.09. The summed E-state index contributed by atoms with van der Waals surface area (Å²) in [6.07, 6.45) is 1.79. The van der Waals surface area contributed by atoms with Crippen molar-refractivity contribution >= 4 is 29.9 Å². The molecule has 0 spiro atoms. The number of nitrogens with zero attached hydrogens (tertiary/aromatic N) is 2. The number of aromatic nitrogens is 1. The number of benzene rings is 1. The van der Waals surface area contributed by atoms with E-state index in [2.05, 4.69) is 21.4 Å². The average molecular weight is 426 g/mol. The van der Waals surface area contributed by atoms with Gasteiger partial charge in [0, 0.05) is 24.9 Å². The zero-order chi connectivity index (χ0) is 15.8. The highest BCUT2D eigenvalue weighted by atomic mass is 127. The fourth-order valence-corrected chi connectivity index (χ4v) is 2.13. The Morgan fingerprint density at radius 1 is 1.30 bits per heavy atom. The molecule has 1 aromatic heterocycles. The van der Waals surface area contributed by atoms with Gasteiger partial charge in [0.1, 0.15) is 0 Å². The molecular weight excluding hydrogens is 403 g/mol. The first-order valence-electron chi connectivity index (χ1n) is 7.25. The van der Waals surface area contributed by atoms with Gasteiger partial charge in [-0.05, 0) is 30.7 Å². The van der Waals surface area contributed by atoms with Crippen LogP contribution in [0.3, 0.4) is 0 Å². The predicted octanol–water partition coefficient (Wildman–Crippen LogP) is 2.81. The van der Waals surface area contributed by atoms with E-state index in [-0.39, 0.29) is 30.0 Å². The van der Waals surface area contributed by atoms with Crippen molar-refractivity contribution in [1.82, 2.24) is 10.3 Å². The van der Waals surface area contributed by atoms with Crippen molar-refractivity contribution in [3.05, 3.63) is 54.2 Å². The summed E-state index contributed by atoms with van der Waals surface area (Å²) in [6.45, 7) is 3.11. The van der Waals surface area contributed by atoms with Crippen molar-refractivity contribution in [2.24, 2.45) is 10.7 Å². The van der Waals surface area contributed by atoms with E-state index in [1.54, 1.807) is 13.3 Å². The number of nitrogens with two attached hydrogens (primary N) is 1. The fraction of sp³-hybridized carbons (Fsp3) is 0.294. The lowest BCUT2D eigenvalue weighted by molar-refractivity contribution is 0.179. The quantitative estimate of drug-likeness (QED) is 0.424. The molecule has 0 amide bonds. The summed E-state index contributed by atoms with van der Waals surface area (Å²) >= 11 is 0. The minimum absolute atomic E-state index is 0. The van der Waals surface area contributed by atoms with Crippen LogP contribution < -0.4 is 11.1 Å². The number of nitrogens with one attached hydrogen (secondary N) is 1. The van der Waals surface area contributed by atoms with E-state index in [9.17, 15) is 0 Å². The normalized spacial score (nSPS) is 12.3. The number of halogens is 1. The molecule has 1 unspecified atom stereocenters. The molecule has 23 heavy (non-hydrogen) atoms. The second kappa shape index (κ2) is 10.2. The van der Waals surface area contributed by atoms with Gasteiger partial charge in [0.15, 0.2) is 5.96 Å². The Labute approximate surface area is 154 Å². The van der Waals surface area contributed by atoms with Gasteiger partial charge in [-0.2, -0.15) is 0 Å². The molecule has 1 atom stereocenters. The summed E-state index contributed by atoms with van der Waals surface area (Å²) in [7, 11) is 1.66. The number of rotatable bonds is 6. The van der Waals surface area contributed by atoms with Crippen LogP contribution in [0.1, 0.15) is 12.5 Å². The maximum absolute atomic E-state index is 5.87. The average Bonchev–Trinajstić information content (AvgIpc) is 2.54. The molecule has 0 aliphatic rings. The molecule has 0 saturated heterocycles. The highest BCUT2D eigenvalue weighted by molar-refractivity contribution is 14.0. The number of guanidine groups is 1. The molecule has 1 heterocycles. The van der Waals surface area contributed by atoms with E-state index in [1.165, 1.54) is 0 Å². The van der Waals surface area contributed by atoms with E-state index >= 15 is 0 Å². The van der Waals surface area contributed by atoms with Crippen molar-refractivity contribution in [3.8, 4) is 11.3 Å². The van der Waals surface area contributed by atoms with Gasteiger partial charge >= 0.3 is 0 Å². The third kappa shape index (κ3) is 6.54. The van der Waals surface area contributed by atoms with E-state index in [1.807, 2.05) is 43.3 Å². The molecule has 124 valence electrons. The summed E-state index contributed by atoms with van der Waals surface area (Å²) in [4.78, 5) is 8.72. The molecule has 2 rings (SSSR count). The molecule has 0 aliphatic carbocycles. The monoisotopic (exact) mass is 426 g/mol. The smallest absolute Gasteiger partial charge is 0.189 e. The van der Waals surface area contributed by atoms with E-state index in [0.29, 0.717) is 19.1 Å². The lowest BCUT2D eigenvalue weighted by Gasteiger charge is -2.13. The van der Waals surface area contributed by atoms with Gasteiger partial charge in [0.25, 0.3) is 0 Å². The van der Waals surface area contributed by atoms with E-state index < -0.39 is 0 Å². The van der Waals surface area contributed by atoms with Gasteiger partial charge in [-0.1, -0.05) is 24.3 Å². The number of methoxy groups -OCH3 is 1. The van der Waals surface area contributed by atoms with Crippen molar-refractivity contribution in [3.63, 3.8) is 0 Å². The van der Waals surface area contributed by atoms with E-state index in [4.69, 9.17) is 10.5 Å². The van der Waals surface area contributed by atoms with Gasteiger partial charge in [0.2, 0.25) is 0 Å². The Morgan fingerprint density at radius 2 is 2.13 bits per heavy atom. The SMILES string of the molecule is COCC(C)NC(N)=NCc1cccc(-c2ccccn2)c1.I. The Balaban J connectivity index is 0.00000264. The molecule has 0 bridgehead atoms. The zero-order valence-electron chi connectivity index (χ0n) is 13.4. The first-order valence-corrected chi connectivity index (χ1v) is 7.25. The molecule has 0 saturated carbocycles. The highest BCUT2D eigenvalue weighted by Crippen LogP contribution is 2.18. The number of hydrogen-bond acceptors (Lipinski definition) is 3. The maximum atomic E-state index is 5.87. The van der Waals surface area contributed by atoms with Crippen molar-refractivity contribution in [2.75, 3.05) is 13.7 Å². The van der Waals surface area contributed by atoms with Crippen molar-refractivity contribution < 1.29 is 4.74 Å². The Morgan fingerprint density at radius 3 is 2.83 bits per heavy atom. The molecule has 0 radical (unpaired) electrons. The van der Waals surface area contributed by atoms with Gasteiger partial charge in [0.05, 0.1) is 18.8 Å². The maximum Gasteiger partial charge on any atom is 0.189 e. The second-order valence-electron chi connectivity index (χ2n) is 5.12. The minimum Gasteiger partial charge on any atom is -0.383 e. The summed E-state index contributed by atoms with van der Waals surface area (Å²) in [5.74, 6) is 0.424. The lowest BCUT2D eigenvalue weighted by atomic mass is 10.1. The molecule has 2 aromatic rings. The number of pyridine rings is 1. The van der Waals surface area contributed by atoms with Crippen molar-refractivity contribution in [1.29, 1.82) is 0 Å². The number of hydrogen-bond donors (Lipinski definition) is 2. The molecule has 0 fully saturated rings. The van der Waals surface area contributed by atoms with Crippen LogP contribution in [0.2, 0.25) is 0 Å². The van der Waals surface area contributed by atoms with Gasteiger partial charge < -0.3 is 15.8 Å². The largest absolute Gasteiger partial charge is 0.383 e. The highest BCUT2D eigenvalue weighted by Gasteiger charge is 2.02. The summed E-state index contributed by atoms with van der Waals surface area (Å²) in [5.41, 5.74) is 8.99. The molecule has 6 heteroatoms. The Kier molecular flexibility index (Phi) is 8.57. The van der Waals surface area contributed by atoms with Gasteiger partial charge in [-0.15, -0.1) is 24.0 Å². The Bertz CT molecular complexity index is 619. The summed E-state index contributed by atoms with van der Waals surface area (Å²) in [6, 6.07) is 14.2. The lowest BCUT2D eigenvalue weighted by Crippen LogP contribution is -2.40. The Hall–Kier alpha value is -1.67. The second-order valence-corrected chi connectivity index (χ2v) is 5.12. The molecule has 3 N–H and O–H groups in total. The van der Waals surface area contributed by atoms with Crippen LogP contribution in [0.25, 0.3) is 11.3 Å². The number of aliphatic imine (C=N–C) groups is 1. The van der Waals surface area contributed by atoms with Crippen LogP contribution >= 0.6 is 24.0 Å². The number of ether oxygens (including phenoxy) is 1. The van der Waals surface area contributed by atoms with Crippen LogP contribution in [0, 0.1) is 0 Å². The van der Waals surface area contributed by atoms with Crippen LogP contribution in [-0.4, -0.2) is 30.7 Å². The molecule has 1 aromatic carbocycles. The standard InChI is InChI=1S/C17H22N4O.HI/c1-13(12-22-2)21-17(18)20-11-14-6-5-7-15(10-14)16-8-3-4-9-19-16;/h3-10,13H,11-12H2,1-2H3,(H3,18,20,21);1H. The van der Waals surface area contributed by atoms with E-state index in [0.717, 1.165) is 16.8 Å². The summed E-state index contributed by atoms with van der Waals surface area (Å²) < 4.78 is 5.05. The molecule has 0 aliphatic heterocycles. The van der Waals surface area contributed by atoms with Gasteiger partial charge in [-0.25, -0.2) is 4.99 Å². The van der Waals surface area contributed by atoms with Crippen LogP contribution in [-0.2, 0) is 11.3 Å². The predicted molar refractivity (Wildman–Crippen MR) is 105 cm³/mol. The zero-order valence-corrected chi connectivity index (χ0v) is 15.7. The third-order valence-electron chi connectivity index (χ3n) is 3.13. The first kappa shape index (κ1) is 19.4. The fourth-order valence-electron chi connectivity index (χ4n) is 2.13. The van der Waals surface area contributed by atoms with Crippen molar-refractivity contribution in [2.45, 2.75) is 19.5 Å². The minimum atomic E-state index is 0. The topological polar surface area (TPSA) is 72.5 Å². The first-order chi connectivity index (χ1) is 10.7. The van der Waals surface area contributed by atoms with Crippen LogP contribution in [0.5, 0.6) is 0 Å².